The molecule has 0 amide bonds. The van der Waals surface area contributed by atoms with Crippen molar-refractivity contribution < 1.29 is 4.52 Å². The quantitative estimate of drug-likeness (QED) is 0.920. The van der Waals surface area contributed by atoms with E-state index in [0.29, 0.717) is 23.8 Å². The molecule has 2 fully saturated rings. The predicted octanol–water partition coefficient (Wildman–Crippen LogP) is 3.42. The molecular formula is C15H19N3OS. The molecule has 2 atom stereocenters. The highest BCUT2D eigenvalue weighted by molar-refractivity contribution is 7.08. The first-order chi connectivity index (χ1) is 9.81. The minimum absolute atomic E-state index is 0.388. The summed E-state index contributed by atoms with van der Waals surface area (Å²) in [4.78, 5) is 4.62. The van der Waals surface area contributed by atoms with Crippen LogP contribution < -0.4 is 5.73 Å². The molecule has 2 heterocycles. The van der Waals surface area contributed by atoms with Gasteiger partial charge in [0.25, 0.3) is 0 Å². The minimum Gasteiger partial charge on any atom is -0.339 e. The number of nitrogens with zero attached hydrogens (tertiary/aromatic N) is 2. The molecule has 4 nitrogen and oxygen atoms in total. The number of aromatic nitrogens is 2. The summed E-state index contributed by atoms with van der Waals surface area (Å²) in [5.41, 5.74) is 7.40. The Bertz CT molecular complexity index is 566. The van der Waals surface area contributed by atoms with Crippen LogP contribution in [0.4, 0.5) is 0 Å². The first kappa shape index (κ1) is 12.5. The van der Waals surface area contributed by atoms with Gasteiger partial charge in [-0.25, -0.2) is 0 Å². The lowest BCUT2D eigenvalue weighted by atomic mass is 9.65. The number of hydrogen-bond acceptors (Lipinski definition) is 5. The van der Waals surface area contributed by atoms with Crippen molar-refractivity contribution in [1.82, 2.24) is 10.1 Å². The summed E-state index contributed by atoms with van der Waals surface area (Å²) < 4.78 is 5.53. The van der Waals surface area contributed by atoms with Crippen LogP contribution in [0.5, 0.6) is 0 Å². The van der Waals surface area contributed by atoms with Crippen LogP contribution in [0.25, 0.3) is 11.4 Å². The van der Waals surface area contributed by atoms with Gasteiger partial charge in [-0.3, -0.25) is 0 Å². The summed E-state index contributed by atoms with van der Waals surface area (Å²) in [6.07, 6.45) is 6.09. The van der Waals surface area contributed by atoms with Crippen molar-refractivity contribution in [2.75, 3.05) is 0 Å². The van der Waals surface area contributed by atoms with E-state index in [0.717, 1.165) is 30.1 Å². The van der Waals surface area contributed by atoms with Gasteiger partial charge in [-0.1, -0.05) is 11.6 Å². The van der Waals surface area contributed by atoms with Crippen molar-refractivity contribution in [3.8, 4) is 11.4 Å². The van der Waals surface area contributed by atoms with E-state index in [1.54, 1.807) is 11.3 Å². The molecule has 106 valence electrons. The Morgan fingerprint density at radius 1 is 1.25 bits per heavy atom. The maximum Gasteiger partial charge on any atom is 0.230 e. The zero-order valence-corrected chi connectivity index (χ0v) is 12.2. The number of hydrogen-bond donors (Lipinski definition) is 1. The minimum atomic E-state index is 0.388. The van der Waals surface area contributed by atoms with Crippen LogP contribution in [0, 0.1) is 11.8 Å². The van der Waals surface area contributed by atoms with Crippen LogP contribution in [-0.4, -0.2) is 16.2 Å². The molecule has 4 rings (SSSR count). The number of nitrogens with two attached hydrogens (primary N) is 1. The summed E-state index contributed by atoms with van der Waals surface area (Å²) in [6.45, 7) is 0. The molecule has 0 saturated heterocycles. The number of rotatable bonds is 2. The Balaban J connectivity index is 1.56. The molecule has 2 bridgehead atoms. The van der Waals surface area contributed by atoms with Gasteiger partial charge in [0.1, 0.15) is 0 Å². The molecule has 2 unspecified atom stereocenters. The highest BCUT2D eigenvalue weighted by Gasteiger charge is 2.40. The zero-order valence-electron chi connectivity index (χ0n) is 11.4. The van der Waals surface area contributed by atoms with E-state index in [1.165, 1.54) is 19.3 Å². The van der Waals surface area contributed by atoms with Gasteiger partial charge < -0.3 is 10.3 Å². The van der Waals surface area contributed by atoms with Gasteiger partial charge in [-0.05, 0) is 49.0 Å². The molecule has 5 heteroatoms. The highest BCUT2D eigenvalue weighted by atomic mass is 32.1. The second-order valence-corrected chi connectivity index (χ2v) is 6.95. The van der Waals surface area contributed by atoms with Gasteiger partial charge in [0.05, 0.1) is 0 Å². The van der Waals surface area contributed by atoms with E-state index in [4.69, 9.17) is 10.3 Å². The third-order valence-electron chi connectivity index (χ3n) is 4.98. The molecule has 0 aromatic carbocycles. The lowest BCUT2D eigenvalue weighted by Gasteiger charge is -2.43. The Morgan fingerprint density at radius 2 is 2.05 bits per heavy atom. The van der Waals surface area contributed by atoms with Crippen molar-refractivity contribution >= 4 is 11.3 Å². The summed E-state index contributed by atoms with van der Waals surface area (Å²) >= 11 is 1.65. The fourth-order valence-electron chi connectivity index (χ4n) is 3.90. The first-order valence-corrected chi connectivity index (χ1v) is 8.37. The molecule has 2 aromatic heterocycles. The molecule has 0 aliphatic heterocycles. The maximum atomic E-state index is 6.34. The van der Waals surface area contributed by atoms with E-state index in [2.05, 4.69) is 15.5 Å². The summed E-state index contributed by atoms with van der Waals surface area (Å²) in [6, 6.07) is 2.42. The SMILES string of the molecule is NC1C2CCCC1CC(c1nc(-c3ccsc3)no1)C2. The monoisotopic (exact) mass is 289 g/mol. The van der Waals surface area contributed by atoms with Crippen LogP contribution in [0.15, 0.2) is 21.3 Å². The van der Waals surface area contributed by atoms with Gasteiger partial charge in [-0.2, -0.15) is 16.3 Å². The van der Waals surface area contributed by atoms with Crippen molar-refractivity contribution in [1.29, 1.82) is 0 Å². The Kier molecular flexibility index (Phi) is 3.11. The van der Waals surface area contributed by atoms with Gasteiger partial charge in [0.2, 0.25) is 11.7 Å². The van der Waals surface area contributed by atoms with Crippen LogP contribution in [-0.2, 0) is 0 Å². The third-order valence-corrected chi connectivity index (χ3v) is 5.67. The third kappa shape index (κ3) is 2.09. The fraction of sp³-hybridized carbons (Fsp3) is 0.600. The van der Waals surface area contributed by atoms with Crippen LogP contribution in [0.2, 0.25) is 0 Å². The Labute approximate surface area is 122 Å². The average Bonchev–Trinajstić information content (AvgIpc) is 3.09. The largest absolute Gasteiger partial charge is 0.339 e. The predicted molar refractivity (Wildman–Crippen MR) is 78.4 cm³/mol. The van der Waals surface area contributed by atoms with E-state index in [1.807, 2.05) is 11.4 Å². The van der Waals surface area contributed by atoms with Crippen LogP contribution in [0.1, 0.15) is 43.9 Å². The summed E-state index contributed by atoms with van der Waals surface area (Å²) in [7, 11) is 0. The van der Waals surface area contributed by atoms with Gasteiger partial charge >= 0.3 is 0 Å². The fourth-order valence-corrected chi connectivity index (χ4v) is 4.54. The molecular weight excluding hydrogens is 270 g/mol. The smallest absolute Gasteiger partial charge is 0.230 e. The molecule has 2 aliphatic carbocycles. The molecule has 0 radical (unpaired) electrons. The van der Waals surface area contributed by atoms with Crippen LogP contribution >= 0.6 is 11.3 Å². The standard InChI is InChI=1S/C15H19N3OS/c16-13-9-2-1-3-10(13)7-12(6-9)15-17-14(18-19-15)11-4-5-20-8-11/h4-5,8-10,12-13H,1-3,6-7,16H2. The molecule has 2 N–H and O–H groups in total. The highest BCUT2D eigenvalue weighted by Crippen LogP contribution is 2.45. The van der Waals surface area contributed by atoms with E-state index < -0.39 is 0 Å². The zero-order chi connectivity index (χ0) is 13.5. The van der Waals surface area contributed by atoms with Crippen LogP contribution in [0.3, 0.4) is 0 Å². The van der Waals surface area contributed by atoms with Gasteiger partial charge in [0, 0.05) is 22.9 Å². The normalized spacial score (nSPS) is 33.2. The molecule has 20 heavy (non-hydrogen) atoms. The van der Waals surface area contributed by atoms with Crippen molar-refractivity contribution in [3.05, 3.63) is 22.7 Å². The number of fused-ring (bicyclic) bond motifs is 2. The lowest BCUT2D eigenvalue weighted by Crippen LogP contribution is -2.45. The molecule has 0 spiro atoms. The number of thiophene rings is 1. The second kappa shape index (κ2) is 4.97. The lowest BCUT2D eigenvalue weighted by molar-refractivity contribution is 0.122. The molecule has 2 saturated carbocycles. The van der Waals surface area contributed by atoms with E-state index in [-0.39, 0.29) is 0 Å². The first-order valence-electron chi connectivity index (χ1n) is 7.43. The summed E-state index contributed by atoms with van der Waals surface area (Å²) in [5, 5.41) is 8.23. The topological polar surface area (TPSA) is 64.9 Å². The van der Waals surface area contributed by atoms with Gasteiger partial charge in [0.15, 0.2) is 0 Å². The van der Waals surface area contributed by atoms with Crippen molar-refractivity contribution in [2.24, 2.45) is 17.6 Å². The van der Waals surface area contributed by atoms with Crippen molar-refractivity contribution in [2.45, 2.75) is 44.1 Å². The Morgan fingerprint density at radius 3 is 2.75 bits per heavy atom. The van der Waals surface area contributed by atoms with Gasteiger partial charge in [-0.15, -0.1) is 0 Å². The van der Waals surface area contributed by atoms with Crippen molar-refractivity contribution in [3.63, 3.8) is 0 Å². The molecule has 2 aromatic rings. The average molecular weight is 289 g/mol. The van der Waals surface area contributed by atoms with E-state index >= 15 is 0 Å². The second-order valence-electron chi connectivity index (χ2n) is 6.16. The maximum absolute atomic E-state index is 6.34. The van der Waals surface area contributed by atoms with E-state index in [9.17, 15) is 0 Å². The Hall–Kier alpha value is -1.20. The summed E-state index contributed by atoms with van der Waals surface area (Å²) in [5.74, 6) is 3.23. The molecule has 2 aliphatic rings.